The second-order valence-electron chi connectivity index (χ2n) is 7.98. The monoisotopic (exact) mass is 379 g/mol. The van der Waals surface area contributed by atoms with E-state index in [1.54, 1.807) is 12.1 Å². The maximum absolute atomic E-state index is 12.8. The highest BCUT2D eigenvalue weighted by Crippen LogP contribution is 2.32. The van der Waals surface area contributed by atoms with Crippen molar-refractivity contribution in [3.05, 3.63) is 65.7 Å². The summed E-state index contributed by atoms with van der Waals surface area (Å²) in [5.41, 5.74) is 8.16. The Hall–Kier alpha value is -2.66. The van der Waals surface area contributed by atoms with E-state index in [4.69, 9.17) is 5.73 Å². The van der Waals surface area contributed by atoms with Gasteiger partial charge in [-0.05, 0) is 56.5 Å². The number of rotatable bonds is 5. The summed E-state index contributed by atoms with van der Waals surface area (Å²) in [6.45, 7) is 3.92. The van der Waals surface area contributed by atoms with Gasteiger partial charge in [-0.15, -0.1) is 0 Å². The van der Waals surface area contributed by atoms with E-state index in [2.05, 4.69) is 10.6 Å². The van der Waals surface area contributed by atoms with Gasteiger partial charge in [0.15, 0.2) is 0 Å². The quantitative estimate of drug-likeness (QED) is 0.733. The van der Waals surface area contributed by atoms with Crippen LogP contribution in [0.2, 0.25) is 0 Å². The molecule has 1 aliphatic carbocycles. The number of nitrogens with two attached hydrogens (primary N) is 1. The Balaban J connectivity index is 1.66. The van der Waals surface area contributed by atoms with Crippen LogP contribution in [0.4, 0.5) is 5.69 Å². The third kappa shape index (κ3) is 4.78. The molecule has 1 fully saturated rings. The summed E-state index contributed by atoms with van der Waals surface area (Å²) in [6.07, 6.45) is 3.83. The van der Waals surface area contributed by atoms with Crippen LogP contribution in [-0.4, -0.2) is 17.4 Å². The number of anilines is 1. The summed E-state index contributed by atoms with van der Waals surface area (Å²) in [4.78, 5) is 25.1. The zero-order chi connectivity index (χ0) is 20.1. The Morgan fingerprint density at radius 2 is 1.86 bits per heavy atom. The molecule has 148 valence electrons. The standard InChI is InChI=1S/C23H29N3O2/c1-16(25-22(28)20-13-6-7-14-23(20,2)24)18-11-8-12-19(15-18)26-21(27)17-9-4-3-5-10-17/h3-5,8-12,15-16,20H,6-7,13-14,24H2,1-2H3,(H,25,28)(H,26,27). The van der Waals surface area contributed by atoms with Crippen molar-refractivity contribution in [1.82, 2.24) is 5.32 Å². The molecule has 0 aromatic heterocycles. The highest BCUT2D eigenvalue weighted by Gasteiger charge is 2.38. The number of hydrogen-bond donors (Lipinski definition) is 3. The topological polar surface area (TPSA) is 84.2 Å². The van der Waals surface area contributed by atoms with Crippen molar-refractivity contribution >= 4 is 17.5 Å². The van der Waals surface area contributed by atoms with Crippen LogP contribution in [0.25, 0.3) is 0 Å². The van der Waals surface area contributed by atoms with E-state index in [-0.39, 0.29) is 23.8 Å². The van der Waals surface area contributed by atoms with E-state index in [0.29, 0.717) is 11.3 Å². The van der Waals surface area contributed by atoms with E-state index in [9.17, 15) is 9.59 Å². The van der Waals surface area contributed by atoms with E-state index >= 15 is 0 Å². The number of hydrogen-bond acceptors (Lipinski definition) is 3. The Morgan fingerprint density at radius 3 is 2.57 bits per heavy atom. The van der Waals surface area contributed by atoms with Gasteiger partial charge in [-0.25, -0.2) is 0 Å². The molecule has 0 bridgehead atoms. The second kappa shape index (κ2) is 8.57. The highest BCUT2D eigenvalue weighted by molar-refractivity contribution is 6.04. The lowest BCUT2D eigenvalue weighted by atomic mass is 9.74. The van der Waals surface area contributed by atoms with Crippen molar-refractivity contribution < 1.29 is 9.59 Å². The Bertz CT molecular complexity index is 833. The van der Waals surface area contributed by atoms with Gasteiger partial charge in [0.05, 0.1) is 12.0 Å². The van der Waals surface area contributed by atoms with Gasteiger partial charge in [-0.1, -0.05) is 43.2 Å². The molecule has 2 aromatic carbocycles. The fourth-order valence-electron chi connectivity index (χ4n) is 3.86. The highest BCUT2D eigenvalue weighted by atomic mass is 16.2. The molecule has 3 rings (SSSR count). The Labute approximate surface area is 166 Å². The molecule has 0 aliphatic heterocycles. The molecule has 28 heavy (non-hydrogen) atoms. The molecular formula is C23H29N3O2. The summed E-state index contributed by atoms with van der Waals surface area (Å²) in [5, 5.41) is 6.01. The lowest BCUT2D eigenvalue weighted by Crippen LogP contribution is -2.53. The van der Waals surface area contributed by atoms with Gasteiger partial charge in [0.25, 0.3) is 5.91 Å². The van der Waals surface area contributed by atoms with Gasteiger partial charge < -0.3 is 16.4 Å². The van der Waals surface area contributed by atoms with Crippen LogP contribution in [0.3, 0.4) is 0 Å². The molecule has 0 saturated heterocycles. The molecule has 3 atom stereocenters. The summed E-state index contributed by atoms with van der Waals surface area (Å²) in [6, 6.07) is 16.5. The fraction of sp³-hybridized carbons (Fsp3) is 0.391. The van der Waals surface area contributed by atoms with Crippen LogP contribution < -0.4 is 16.4 Å². The number of carbonyl (C=O) groups excluding carboxylic acids is 2. The SMILES string of the molecule is CC(NC(=O)C1CCCCC1(C)N)c1cccc(NC(=O)c2ccccc2)c1. The summed E-state index contributed by atoms with van der Waals surface area (Å²) >= 11 is 0. The average molecular weight is 380 g/mol. The maximum Gasteiger partial charge on any atom is 0.255 e. The normalized spacial score (nSPS) is 22.9. The summed E-state index contributed by atoms with van der Waals surface area (Å²) in [7, 11) is 0. The van der Waals surface area contributed by atoms with Crippen LogP contribution in [0, 0.1) is 5.92 Å². The van der Waals surface area contributed by atoms with Crippen molar-refractivity contribution in [3.63, 3.8) is 0 Å². The van der Waals surface area contributed by atoms with E-state index in [1.807, 2.05) is 56.3 Å². The molecule has 0 heterocycles. The first-order valence-electron chi connectivity index (χ1n) is 9.92. The van der Waals surface area contributed by atoms with Crippen LogP contribution >= 0.6 is 0 Å². The van der Waals surface area contributed by atoms with Crippen LogP contribution in [0.5, 0.6) is 0 Å². The van der Waals surface area contributed by atoms with Gasteiger partial charge in [-0.3, -0.25) is 9.59 Å². The van der Waals surface area contributed by atoms with Crippen molar-refractivity contribution in [2.24, 2.45) is 11.7 Å². The molecule has 5 heteroatoms. The summed E-state index contributed by atoms with van der Waals surface area (Å²) < 4.78 is 0. The smallest absolute Gasteiger partial charge is 0.255 e. The molecule has 0 spiro atoms. The number of amides is 2. The molecule has 0 radical (unpaired) electrons. The average Bonchev–Trinajstić information content (AvgIpc) is 2.68. The van der Waals surface area contributed by atoms with Crippen LogP contribution in [0.15, 0.2) is 54.6 Å². The molecule has 2 aromatic rings. The van der Waals surface area contributed by atoms with Gasteiger partial charge in [0.1, 0.15) is 0 Å². The minimum absolute atomic E-state index is 0.0101. The van der Waals surface area contributed by atoms with Crippen molar-refractivity contribution in [1.29, 1.82) is 0 Å². The molecule has 1 aliphatic rings. The lowest BCUT2D eigenvalue weighted by molar-refractivity contribution is -0.128. The number of carbonyl (C=O) groups is 2. The molecular weight excluding hydrogens is 350 g/mol. The molecule has 4 N–H and O–H groups in total. The molecule has 3 unspecified atom stereocenters. The molecule has 1 saturated carbocycles. The predicted molar refractivity (Wildman–Crippen MR) is 112 cm³/mol. The van der Waals surface area contributed by atoms with Crippen molar-refractivity contribution in [3.8, 4) is 0 Å². The summed E-state index contributed by atoms with van der Waals surface area (Å²) in [5.74, 6) is -0.309. The largest absolute Gasteiger partial charge is 0.349 e. The second-order valence-corrected chi connectivity index (χ2v) is 7.98. The molecule has 5 nitrogen and oxygen atoms in total. The third-order valence-corrected chi connectivity index (χ3v) is 5.61. The minimum Gasteiger partial charge on any atom is -0.349 e. The van der Waals surface area contributed by atoms with E-state index in [0.717, 1.165) is 31.2 Å². The third-order valence-electron chi connectivity index (χ3n) is 5.61. The lowest BCUT2D eigenvalue weighted by Gasteiger charge is -2.37. The number of nitrogens with one attached hydrogen (secondary N) is 2. The van der Waals surface area contributed by atoms with Crippen molar-refractivity contribution in [2.45, 2.75) is 51.1 Å². The first-order valence-corrected chi connectivity index (χ1v) is 9.92. The van der Waals surface area contributed by atoms with Gasteiger partial charge in [0, 0.05) is 16.8 Å². The van der Waals surface area contributed by atoms with Gasteiger partial charge >= 0.3 is 0 Å². The Morgan fingerprint density at radius 1 is 1.11 bits per heavy atom. The zero-order valence-electron chi connectivity index (χ0n) is 16.6. The first kappa shape index (κ1) is 20.1. The Kier molecular flexibility index (Phi) is 6.15. The van der Waals surface area contributed by atoms with Crippen molar-refractivity contribution in [2.75, 3.05) is 5.32 Å². The minimum atomic E-state index is -0.451. The molecule has 2 amide bonds. The van der Waals surface area contributed by atoms with E-state index in [1.165, 1.54) is 0 Å². The maximum atomic E-state index is 12.8. The van der Waals surface area contributed by atoms with Crippen LogP contribution in [-0.2, 0) is 4.79 Å². The van der Waals surface area contributed by atoms with E-state index < -0.39 is 5.54 Å². The predicted octanol–water partition coefficient (Wildman–Crippen LogP) is 4.02. The van der Waals surface area contributed by atoms with Crippen LogP contribution in [0.1, 0.15) is 61.5 Å². The number of benzene rings is 2. The van der Waals surface area contributed by atoms with Gasteiger partial charge in [-0.2, -0.15) is 0 Å². The first-order chi connectivity index (χ1) is 13.4. The van der Waals surface area contributed by atoms with Gasteiger partial charge in [0.2, 0.25) is 5.91 Å². The fourth-order valence-corrected chi connectivity index (χ4v) is 3.86. The zero-order valence-corrected chi connectivity index (χ0v) is 16.6.